The third-order valence-electron chi connectivity index (χ3n) is 8.02. The molecule has 0 amide bonds. The zero-order valence-corrected chi connectivity index (χ0v) is 13.4. The lowest BCUT2D eigenvalue weighted by atomic mass is 9.49. The maximum absolute atomic E-state index is 11.8. The van der Waals surface area contributed by atoms with Gasteiger partial charge in [-0.25, -0.2) is 0 Å². The summed E-state index contributed by atoms with van der Waals surface area (Å²) in [5.41, 5.74) is 1.53. The third kappa shape index (κ3) is 1.32. The van der Waals surface area contributed by atoms with E-state index in [1.165, 1.54) is 24.8 Å². The minimum Gasteiger partial charge on any atom is -0.348 e. The monoisotopic (exact) mass is 296 g/mol. The molecule has 6 atom stereocenters. The summed E-state index contributed by atoms with van der Waals surface area (Å²) in [6.45, 7) is 2.43. The van der Waals surface area contributed by atoms with E-state index in [9.17, 15) is 4.79 Å². The Kier molecular flexibility index (Phi) is 2.36. The molecule has 0 aromatic heterocycles. The molecule has 0 bridgehead atoms. The summed E-state index contributed by atoms with van der Waals surface area (Å²) in [7, 11) is 0. The Morgan fingerprint density at radius 3 is 2.77 bits per heavy atom. The van der Waals surface area contributed by atoms with Gasteiger partial charge in [0.15, 0.2) is 11.4 Å². The predicted octanol–water partition coefficient (Wildman–Crippen LogP) is 3.65. The zero-order valence-electron chi connectivity index (χ0n) is 13.4. The number of rotatable bonds is 0. The Morgan fingerprint density at radius 2 is 2.00 bits per heavy atom. The van der Waals surface area contributed by atoms with Gasteiger partial charge in [0.2, 0.25) is 0 Å². The van der Waals surface area contributed by atoms with Gasteiger partial charge in [0.05, 0.1) is 0 Å². The summed E-state index contributed by atoms with van der Waals surface area (Å²) in [4.78, 5) is 11.8. The van der Waals surface area contributed by atoms with Crippen molar-refractivity contribution in [2.24, 2.45) is 23.2 Å². The van der Waals surface area contributed by atoms with Gasteiger partial charge < -0.3 is 4.74 Å². The maximum Gasteiger partial charge on any atom is 0.158 e. The molecular weight excluding hydrogens is 272 g/mol. The van der Waals surface area contributed by atoms with Crippen LogP contribution in [0.25, 0.3) is 0 Å². The van der Waals surface area contributed by atoms with Crippen molar-refractivity contribution in [2.75, 3.05) is 0 Å². The molecule has 1 aliphatic heterocycles. The standard InChI is InChI=1S/C20H24O2/c1-3-19-10-7-17-15-5-4-13-12-14(21)6-9-18(13,2)16(15)8-11-20(17,19)22-19/h1,12,15-17H,4-11H2,2H3/t15?,16?,17?,18?,19?,20-/m1/s1. The fourth-order valence-corrected chi connectivity index (χ4v) is 6.87. The molecule has 0 N–H and O–H groups in total. The van der Waals surface area contributed by atoms with E-state index in [1.807, 2.05) is 6.08 Å². The van der Waals surface area contributed by atoms with Crippen molar-refractivity contribution in [3.05, 3.63) is 11.6 Å². The highest BCUT2D eigenvalue weighted by atomic mass is 16.6. The number of hydrogen-bond acceptors (Lipinski definition) is 2. The van der Waals surface area contributed by atoms with E-state index in [4.69, 9.17) is 11.2 Å². The van der Waals surface area contributed by atoms with Crippen molar-refractivity contribution in [2.45, 2.75) is 69.5 Å². The highest BCUT2D eigenvalue weighted by Gasteiger charge is 2.78. The minimum atomic E-state index is -0.206. The van der Waals surface area contributed by atoms with Crippen molar-refractivity contribution in [3.63, 3.8) is 0 Å². The molecule has 0 aromatic carbocycles. The van der Waals surface area contributed by atoms with Crippen LogP contribution in [0.3, 0.4) is 0 Å². The van der Waals surface area contributed by atoms with Crippen LogP contribution in [0.4, 0.5) is 0 Å². The van der Waals surface area contributed by atoms with E-state index in [0.29, 0.717) is 11.7 Å². The van der Waals surface area contributed by atoms with Gasteiger partial charge in [0.1, 0.15) is 5.60 Å². The van der Waals surface area contributed by atoms with Gasteiger partial charge in [-0.1, -0.05) is 18.4 Å². The Morgan fingerprint density at radius 1 is 1.18 bits per heavy atom. The van der Waals surface area contributed by atoms with Crippen LogP contribution in [0.1, 0.15) is 58.3 Å². The molecule has 0 aromatic rings. The molecule has 2 heteroatoms. The van der Waals surface area contributed by atoms with Crippen molar-refractivity contribution in [3.8, 4) is 12.3 Å². The van der Waals surface area contributed by atoms with Crippen LogP contribution in [0.2, 0.25) is 0 Å². The average Bonchev–Trinajstić information content (AvgIpc) is 3.04. The fraction of sp³-hybridized carbons (Fsp3) is 0.750. The highest BCUT2D eigenvalue weighted by molar-refractivity contribution is 5.91. The minimum absolute atomic E-state index is 0.0327. The highest BCUT2D eigenvalue weighted by Crippen LogP contribution is 2.72. The summed E-state index contributed by atoms with van der Waals surface area (Å²) < 4.78 is 6.21. The lowest BCUT2D eigenvalue weighted by Crippen LogP contribution is -2.50. The molecule has 5 aliphatic rings. The van der Waals surface area contributed by atoms with Crippen LogP contribution >= 0.6 is 0 Å². The number of terminal acetylenes is 1. The molecule has 1 spiro atoms. The Labute approximate surface area is 132 Å². The number of fused-ring (bicyclic) bond motifs is 4. The lowest BCUT2D eigenvalue weighted by Gasteiger charge is -2.55. The summed E-state index contributed by atoms with van der Waals surface area (Å²) in [6, 6.07) is 0. The largest absolute Gasteiger partial charge is 0.348 e. The first-order valence-corrected chi connectivity index (χ1v) is 8.96. The normalized spacial score (nSPS) is 55.2. The zero-order chi connectivity index (χ0) is 15.2. The van der Waals surface area contributed by atoms with Crippen LogP contribution in [0.5, 0.6) is 0 Å². The van der Waals surface area contributed by atoms with Crippen molar-refractivity contribution in [1.82, 2.24) is 0 Å². The molecule has 5 unspecified atom stereocenters. The molecule has 5 rings (SSSR count). The molecule has 0 radical (unpaired) electrons. The van der Waals surface area contributed by atoms with Gasteiger partial charge in [0.25, 0.3) is 0 Å². The van der Waals surface area contributed by atoms with Crippen molar-refractivity contribution >= 4 is 5.78 Å². The number of carbonyl (C=O) groups is 1. The number of epoxide rings is 1. The Balaban J connectivity index is 1.51. The maximum atomic E-state index is 11.8. The average molecular weight is 296 g/mol. The lowest BCUT2D eigenvalue weighted by molar-refractivity contribution is -0.117. The van der Waals surface area contributed by atoms with Crippen molar-refractivity contribution < 1.29 is 9.53 Å². The van der Waals surface area contributed by atoms with Gasteiger partial charge >= 0.3 is 0 Å². The first kappa shape index (κ1) is 13.4. The van der Waals surface area contributed by atoms with E-state index < -0.39 is 0 Å². The van der Waals surface area contributed by atoms with Gasteiger partial charge in [-0.05, 0) is 74.2 Å². The van der Waals surface area contributed by atoms with Crippen LogP contribution < -0.4 is 0 Å². The fourth-order valence-electron chi connectivity index (χ4n) is 6.87. The second-order valence-corrected chi connectivity index (χ2v) is 8.51. The Bertz CT molecular complexity index is 641. The first-order chi connectivity index (χ1) is 10.5. The number of ether oxygens (including phenoxy) is 1. The molecule has 4 aliphatic carbocycles. The third-order valence-corrected chi connectivity index (χ3v) is 8.02. The van der Waals surface area contributed by atoms with Crippen LogP contribution in [-0.2, 0) is 9.53 Å². The molecule has 1 heterocycles. The number of ketones is 1. The van der Waals surface area contributed by atoms with E-state index in [2.05, 4.69) is 12.8 Å². The topological polar surface area (TPSA) is 29.6 Å². The molecule has 2 nitrogen and oxygen atoms in total. The first-order valence-electron chi connectivity index (χ1n) is 8.96. The smallest absolute Gasteiger partial charge is 0.158 e. The molecule has 3 saturated carbocycles. The van der Waals surface area contributed by atoms with Gasteiger partial charge in [-0.3, -0.25) is 4.79 Å². The summed E-state index contributed by atoms with van der Waals surface area (Å²) in [5, 5.41) is 0. The summed E-state index contributed by atoms with van der Waals surface area (Å²) in [5.74, 6) is 5.48. The SMILES string of the molecule is C#CC12CCC3C4CCC5=CC(=O)CCC5(C)C4CC[C@@]31O2. The van der Waals surface area contributed by atoms with E-state index in [0.717, 1.165) is 43.9 Å². The van der Waals surface area contributed by atoms with E-state index >= 15 is 0 Å². The van der Waals surface area contributed by atoms with Crippen LogP contribution in [0, 0.1) is 35.5 Å². The molecule has 22 heavy (non-hydrogen) atoms. The predicted molar refractivity (Wildman–Crippen MR) is 84.0 cm³/mol. The van der Waals surface area contributed by atoms with E-state index in [1.54, 1.807) is 0 Å². The molecule has 4 fully saturated rings. The van der Waals surface area contributed by atoms with Gasteiger partial charge in [-0.2, -0.15) is 0 Å². The summed E-state index contributed by atoms with van der Waals surface area (Å²) in [6.07, 6.45) is 16.6. The Hall–Kier alpha value is -1.07. The molecule has 116 valence electrons. The second-order valence-electron chi connectivity index (χ2n) is 8.51. The summed E-state index contributed by atoms with van der Waals surface area (Å²) >= 11 is 0. The second kappa shape index (κ2) is 3.88. The number of carbonyl (C=O) groups excluding carboxylic acids is 1. The van der Waals surface area contributed by atoms with Gasteiger partial charge in [0, 0.05) is 6.42 Å². The number of hydrogen-bond donors (Lipinski definition) is 0. The van der Waals surface area contributed by atoms with Crippen molar-refractivity contribution in [1.29, 1.82) is 0 Å². The van der Waals surface area contributed by atoms with Crippen LogP contribution in [0.15, 0.2) is 11.6 Å². The molecule has 1 saturated heterocycles. The molecular formula is C20H24O2. The van der Waals surface area contributed by atoms with Gasteiger partial charge in [-0.15, -0.1) is 6.42 Å². The number of allylic oxidation sites excluding steroid dienone is 1. The van der Waals surface area contributed by atoms with E-state index in [-0.39, 0.29) is 16.6 Å². The van der Waals surface area contributed by atoms with Crippen LogP contribution in [-0.4, -0.2) is 17.0 Å². The quantitative estimate of drug-likeness (QED) is 0.504.